The molecule has 0 spiro atoms. The van der Waals surface area contributed by atoms with E-state index in [-0.39, 0.29) is 0 Å². The fraction of sp³-hybridized carbons (Fsp3) is 0.692. The molecule has 3 heteroatoms. The molecule has 0 radical (unpaired) electrons. The van der Waals surface area contributed by atoms with Crippen LogP contribution in [0.2, 0.25) is 0 Å². The van der Waals surface area contributed by atoms with Crippen LogP contribution in [0, 0.1) is 0 Å². The van der Waals surface area contributed by atoms with Crippen LogP contribution in [-0.2, 0) is 6.54 Å². The van der Waals surface area contributed by atoms with E-state index >= 15 is 0 Å². The monoisotopic (exact) mass is 238 g/mol. The molecule has 1 atom stereocenters. The molecule has 0 amide bonds. The molecule has 1 aromatic heterocycles. The summed E-state index contributed by atoms with van der Waals surface area (Å²) in [4.78, 5) is 3.94. The van der Waals surface area contributed by atoms with Crippen LogP contribution in [-0.4, -0.2) is 30.6 Å². The first-order chi connectivity index (χ1) is 7.79. The Kier molecular flexibility index (Phi) is 4.38. The van der Waals surface area contributed by atoms with Gasteiger partial charge in [-0.2, -0.15) is 0 Å². The average Bonchev–Trinajstić information content (AvgIpc) is 2.96. The van der Waals surface area contributed by atoms with Gasteiger partial charge in [-0.05, 0) is 37.8 Å². The lowest BCUT2D eigenvalue weighted by Gasteiger charge is -2.27. The predicted octanol–water partition coefficient (Wildman–Crippen LogP) is 2.71. The summed E-state index contributed by atoms with van der Waals surface area (Å²) in [5.74, 6) is 0. The first-order valence-corrected chi connectivity index (χ1v) is 7.13. The molecule has 2 rings (SSSR count). The summed E-state index contributed by atoms with van der Waals surface area (Å²) < 4.78 is 0. The van der Waals surface area contributed by atoms with Crippen molar-refractivity contribution in [1.29, 1.82) is 0 Å². The van der Waals surface area contributed by atoms with Gasteiger partial charge in [0.05, 0.1) is 0 Å². The second-order valence-corrected chi connectivity index (χ2v) is 5.77. The summed E-state index contributed by atoms with van der Waals surface area (Å²) in [6, 6.07) is 5.85. The van der Waals surface area contributed by atoms with Gasteiger partial charge in [-0.3, -0.25) is 4.90 Å². The van der Waals surface area contributed by atoms with Crippen molar-refractivity contribution in [2.24, 2.45) is 0 Å². The second-order valence-electron chi connectivity index (χ2n) is 4.74. The molecular weight excluding hydrogens is 216 g/mol. The Balaban J connectivity index is 1.77. The van der Waals surface area contributed by atoms with Gasteiger partial charge in [0.25, 0.3) is 0 Å². The SMILES string of the molecule is CCC(CNC1CC1)N(C)Cc1cccs1. The van der Waals surface area contributed by atoms with E-state index in [1.807, 2.05) is 11.3 Å². The fourth-order valence-corrected chi connectivity index (χ4v) is 2.75. The Hall–Kier alpha value is -0.380. The molecule has 0 aromatic carbocycles. The highest BCUT2D eigenvalue weighted by molar-refractivity contribution is 7.09. The molecule has 16 heavy (non-hydrogen) atoms. The number of nitrogens with one attached hydrogen (secondary N) is 1. The molecule has 1 N–H and O–H groups in total. The maximum atomic E-state index is 3.63. The summed E-state index contributed by atoms with van der Waals surface area (Å²) in [5, 5.41) is 5.79. The van der Waals surface area contributed by atoms with E-state index in [0.29, 0.717) is 6.04 Å². The van der Waals surface area contributed by atoms with Gasteiger partial charge in [-0.1, -0.05) is 13.0 Å². The Morgan fingerprint density at radius 2 is 2.38 bits per heavy atom. The third-order valence-electron chi connectivity index (χ3n) is 3.30. The highest BCUT2D eigenvalue weighted by Gasteiger charge is 2.22. The van der Waals surface area contributed by atoms with Crippen LogP contribution >= 0.6 is 11.3 Å². The fourth-order valence-electron chi connectivity index (χ4n) is 1.98. The lowest BCUT2D eigenvalue weighted by molar-refractivity contribution is 0.223. The number of hydrogen-bond acceptors (Lipinski definition) is 3. The van der Waals surface area contributed by atoms with Crippen LogP contribution in [0.4, 0.5) is 0 Å². The minimum Gasteiger partial charge on any atom is -0.312 e. The Morgan fingerprint density at radius 1 is 1.56 bits per heavy atom. The van der Waals surface area contributed by atoms with Crippen LogP contribution in [0.5, 0.6) is 0 Å². The first kappa shape index (κ1) is 12.1. The van der Waals surface area contributed by atoms with Gasteiger partial charge < -0.3 is 5.32 Å². The molecule has 1 aromatic rings. The van der Waals surface area contributed by atoms with Crippen LogP contribution < -0.4 is 5.32 Å². The third-order valence-corrected chi connectivity index (χ3v) is 4.16. The topological polar surface area (TPSA) is 15.3 Å². The largest absolute Gasteiger partial charge is 0.312 e. The molecule has 2 nitrogen and oxygen atoms in total. The Bertz CT molecular complexity index is 293. The van der Waals surface area contributed by atoms with Crippen LogP contribution in [0.3, 0.4) is 0 Å². The van der Waals surface area contributed by atoms with E-state index in [9.17, 15) is 0 Å². The zero-order chi connectivity index (χ0) is 11.4. The van der Waals surface area contributed by atoms with Gasteiger partial charge in [-0.15, -0.1) is 11.3 Å². The summed E-state index contributed by atoms with van der Waals surface area (Å²) in [6.45, 7) is 4.51. The number of nitrogens with zero attached hydrogens (tertiary/aromatic N) is 1. The van der Waals surface area contributed by atoms with Crippen molar-refractivity contribution in [2.75, 3.05) is 13.6 Å². The Morgan fingerprint density at radius 3 is 2.94 bits per heavy atom. The van der Waals surface area contributed by atoms with Crippen LogP contribution in [0.15, 0.2) is 17.5 Å². The van der Waals surface area contributed by atoms with E-state index in [4.69, 9.17) is 0 Å². The highest BCUT2D eigenvalue weighted by Crippen LogP contribution is 2.19. The van der Waals surface area contributed by atoms with Gasteiger partial charge in [0.1, 0.15) is 0 Å². The van der Waals surface area contributed by atoms with Crippen molar-refractivity contribution < 1.29 is 0 Å². The third kappa shape index (κ3) is 3.58. The zero-order valence-electron chi connectivity index (χ0n) is 10.3. The number of thiophene rings is 1. The molecule has 1 unspecified atom stereocenters. The molecule has 0 aliphatic heterocycles. The molecular formula is C13H22N2S. The van der Waals surface area contributed by atoms with E-state index in [2.05, 4.69) is 41.7 Å². The first-order valence-electron chi connectivity index (χ1n) is 6.25. The molecule has 1 saturated carbocycles. The van der Waals surface area contributed by atoms with Crippen LogP contribution in [0.1, 0.15) is 31.1 Å². The lowest BCUT2D eigenvalue weighted by Crippen LogP contribution is -2.39. The summed E-state index contributed by atoms with van der Waals surface area (Å²) in [5.41, 5.74) is 0. The number of hydrogen-bond donors (Lipinski definition) is 1. The van der Waals surface area contributed by atoms with Gasteiger partial charge in [0, 0.05) is 30.1 Å². The van der Waals surface area contributed by atoms with E-state index in [1.165, 1.54) is 24.1 Å². The maximum absolute atomic E-state index is 3.63. The van der Waals surface area contributed by atoms with E-state index in [1.54, 1.807) is 0 Å². The predicted molar refractivity (Wildman–Crippen MR) is 70.9 cm³/mol. The summed E-state index contributed by atoms with van der Waals surface area (Å²) in [7, 11) is 2.24. The lowest BCUT2D eigenvalue weighted by atomic mass is 10.2. The van der Waals surface area contributed by atoms with Crippen molar-refractivity contribution in [3.05, 3.63) is 22.4 Å². The smallest absolute Gasteiger partial charge is 0.0328 e. The van der Waals surface area contributed by atoms with Crippen molar-refractivity contribution in [3.8, 4) is 0 Å². The molecule has 90 valence electrons. The quantitative estimate of drug-likeness (QED) is 0.786. The molecule has 1 heterocycles. The molecule has 1 aliphatic carbocycles. The molecule has 1 aliphatic rings. The Labute approximate surface area is 103 Å². The van der Waals surface area contributed by atoms with Gasteiger partial charge in [-0.25, -0.2) is 0 Å². The minimum atomic E-state index is 0.669. The summed E-state index contributed by atoms with van der Waals surface area (Å²) in [6.07, 6.45) is 3.98. The second kappa shape index (κ2) is 5.80. The van der Waals surface area contributed by atoms with Crippen LogP contribution in [0.25, 0.3) is 0 Å². The van der Waals surface area contributed by atoms with Crippen molar-refractivity contribution >= 4 is 11.3 Å². The summed E-state index contributed by atoms with van der Waals surface area (Å²) >= 11 is 1.85. The van der Waals surface area contributed by atoms with Crippen molar-refractivity contribution in [3.63, 3.8) is 0 Å². The highest BCUT2D eigenvalue weighted by atomic mass is 32.1. The standard InChI is InChI=1S/C13H22N2S/c1-3-12(9-14-11-6-7-11)15(2)10-13-5-4-8-16-13/h4-5,8,11-12,14H,3,6-7,9-10H2,1-2H3. The molecule has 1 fully saturated rings. The maximum Gasteiger partial charge on any atom is 0.0328 e. The number of rotatable bonds is 7. The van der Waals surface area contributed by atoms with E-state index in [0.717, 1.165) is 19.1 Å². The van der Waals surface area contributed by atoms with Crippen molar-refractivity contribution in [1.82, 2.24) is 10.2 Å². The van der Waals surface area contributed by atoms with Gasteiger partial charge in [0.2, 0.25) is 0 Å². The van der Waals surface area contributed by atoms with Crippen molar-refractivity contribution in [2.45, 2.75) is 44.8 Å². The molecule has 0 bridgehead atoms. The van der Waals surface area contributed by atoms with Gasteiger partial charge >= 0.3 is 0 Å². The minimum absolute atomic E-state index is 0.669. The molecule has 0 saturated heterocycles. The normalized spacial score (nSPS) is 17.9. The zero-order valence-corrected chi connectivity index (χ0v) is 11.1. The average molecular weight is 238 g/mol. The van der Waals surface area contributed by atoms with E-state index < -0.39 is 0 Å². The van der Waals surface area contributed by atoms with Gasteiger partial charge in [0.15, 0.2) is 0 Å². The number of likely N-dealkylation sites (N-methyl/N-ethyl adjacent to an activating group) is 1.